The van der Waals surface area contributed by atoms with Gasteiger partial charge in [-0.25, -0.2) is 13.4 Å². The van der Waals surface area contributed by atoms with E-state index in [1.165, 1.54) is 10.5 Å². The fraction of sp³-hybridized carbons (Fsp3) is 0.750. The number of aryl methyl sites for hydroxylation is 2. The zero-order valence-electron chi connectivity index (χ0n) is 18.1. The molecular weight excluding hydrogens is 406 g/mol. The van der Waals surface area contributed by atoms with Crippen LogP contribution in [-0.4, -0.2) is 71.7 Å². The van der Waals surface area contributed by atoms with Crippen molar-refractivity contribution in [1.29, 1.82) is 0 Å². The summed E-state index contributed by atoms with van der Waals surface area (Å²) >= 11 is 0. The van der Waals surface area contributed by atoms with Crippen LogP contribution >= 0.6 is 0 Å². The molecule has 0 spiro atoms. The van der Waals surface area contributed by atoms with E-state index in [1.807, 2.05) is 4.90 Å². The number of hydrogen-bond donors (Lipinski definition) is 1. The third kappa shape index (κ3) is 5.21. The highest BCUT2D eigenvalue weighted by Gasteiger charge is 2.33. The molecule has 0 aromatic carbocycles. The van der Waals surface area contributed by atoms with Gasteiger partial charge >= 0.3 is 0 Å². The maximum Gasteiger partial charge on any atom is 0.262 e. The molecule has 1 unspecified atom stereocenters. The number of nitrogens with zero attached hydrogens (tertiary/aromatic N) is 4. The lowest BCUT2D eigenvalue weighted by Gasteiger charge is -2.31. The molecule has 9 nitrogen and oxygen atoms in total. The first-order valence-electron chi connectivity index (χ1n) is 10.7. The number of aromatic nitrogens is 2. The van der Waals surface area contributed by atoms with Gasteiger partial charge in [0, 0.05) is 58.3 Å². The highest BCUT2D eigenvalue weighted by molar-refractivity contribution is 7.89. The molecule has 0 saturated carbocycles. The highest BCUT2D eigenvalue weighted by atomic mass is 32.2. The van der Waals surface area contributed by atoms with E-state index in [4.69, 9.17) is 0 Å². The van der Waals surface area contributed by atoms with Crippen LogP contribution in [0.15, 0.2) is 11.2 Å². The van der Waals surface area contributed by atoms with Gasteiger partial charge in [0.15, 0.2) is 5.03 Å². The van der Waals surface area contributed by atoms with Crippen LogP contribution in [0, 0.1) is 18.8 Å². The van der Waals surface area contributed by atoms with Crippen molar-refractivity contribution in [3.05, 3.63) is 12.0 Å². The summed E-state index contributed by atoms with van der Waals surface area (Å²) in [6, 6.07) is 0. The average molecular weight is 440 g/mol. The Morgan fingerprint density at radius 1 is 1.20 bits per heavy atom. The molecule has 1 N–H and O–H groups in total. The number of sulfonamides is 1. The number of likely N-dealkylation sites (tertiary alicyclic amines) is 1. The molecule has 2 aliphatic heterocycles. The van der Waals surface area contributed by atoms with E-state index in [2.05, 4.69) is 17.2 Å². The van der Waals surface area contributed by atoms with E-state index in [1.54, 1.807) is 18.5 Å². The van der Waals surface area contributed by atoms with E-state index in [9.17, 15) is 18.0 Å². The van der Waals surface area contributed by atoms with E-state index >= 15 is 0 Å². The minimum atomic E-state index is -3.64. The summed E-state index contributed by atoms with van der Waals surface area (Å²) in [5, 5.41) is 2.91. The number of imidazole rings is 1. The molecule has 0 radical (unpaired) electrons. The Hall–Kier alpha value is -1.94. The number of nitrogens with one attached hydrogen (secondary N) is 1. The first-order valence-corrected chi connectivity index (χ1v) is 12.2. The minimum Gasteiger partial charge on any atom is -0.355 e. The molecule has 2 saturated heterocycles. The lowest BCUT2D eigenvalue weighted by atomic mass is 9.97. The molecule has 0 bridgehead atoms. The second kappa shape index (κ2) is 9.47. The van der Waals surface area contributed by atoms with Crippen molar-refractivity contribution in [1.82, 2.24) is 24.1 Å². The van der Waals surface area contributed by atoms with E-state index in [0.717, 1.165) is 25.9 Å². The van der Waals surface area contributed by atoms with Crippen molar-refractivity contribution in [2.75, 3.05) is 32.7 Å². The van der Waals surface area contributed by atoms with Gasteiger partial charge in [0.05, 0.1) is 0 Å². The summed E-state index contributed by atoms with van der Waals surface area (Å²) in [4.78, 5) is 30.8. The molecule has 2 fully saturated rings. The smallest absolute Gasteiger partial charge is 0.262 e. The molecule has 168 valence electrons. The number of carbonyl (C=O) groups is 2. The summed E-state index contributed by atoms with van der Waals surface area (Å²) in [7, 11) is -1.88. The van der Waals surface area contributed by atoms with Crippen molar-refractivity contribution >= 4 is 21.8 Å². The monoisotopic (exact) mass is 439 g/mol. The summed E-state index contributed by atoms with van der Waals surface area (Å²) in [5.74, 6) is 0.936. The maximum atomic E-state index is 12.8. The molecular formula is C20H33N5O4S. The fourth-order valence-corrected chi connectivity index (χ4v) is 5.65. The molecule has 0 aliphatic carbocycles. The predicted octanol–water partition coefficient (Wildman–Crippen LogP) is 0.894. The molecule has 3 rings (SSSR count). The predicted molar refractivity (Wildman–Crippen MR) is 112 cm³/mol. The Bertz CT molecular complexity index is 854. The van der Waals surface area contributed by atoms with Crippen LogP contribution < -0.4 is 5.32 Å². The van der Waals surface area contributed by atoms with Gasteiger partial charge in [-0.15, -0.1) is 0 Å². The van der Waals surface area contributed by atoms with Crippen LogP contribution in [0.3, 0.4) is 0 Å². The lowest BCUT2D eigenvalue weighted by Crippen LogP contribution is -2.44. The molecule has 2 aliphatic rings. The average Bonchev–Trinajstić information content (AvgIpc) is 3.07. The fourth-order valence-electron chi connectivity index (χ4n) is 4.15. The minimum absolute atomic E-state index is 0.0518. The zero-order valence-corrected chi connectivity index (χ0v) is 18.9. The van der Waals surface area contributed by atoms with E-state index in [0.29, 0.717) is 50.6 Å². The van der Waals surface area contributed by atoms with Gasteiger partial charge in [-0.3, -0.25) is 9.59 Å². The second-order valence-corrected chi connectivity index (χ2v) is 10.4. The Morgan fingerprint density at radius 3 is 2.50 bits per heavy atom. The molecule has 1 aromatic rings. The van der Waals surface area contributed by atoms with Gasteiger partial charge in [0.25, 0.3) is 10.0 Å². The third-order valence-corrected chi connectivity index (χ3v) is 7.93. The van der Waals surface area contributed by atoms with Crippen LogP contribution in [0.1, 0.15) is 44.9 Å². The largest absolute Gasteiger partial charge is 0.355 e. The molecule has 10 heteroatoms. The van der Waals surface area contributed by atoms with E-state index < -0.39 is 10.0 Å². The van der Waals surface area contributed by atoms with Crippen molar-refractivity contribution in [3.63, 3.8) is 0 Å². The van der Waals surface area contributed by atoms with Crippen LogP contribution in [0.25, 0.3) is 0 Å². The normalized spacial score (nSPS) is 21.6. The number of rotatable bonds is 6. The molecule has 1 atom stereocenters. The summed E-state index contributed by atoms with van der Waals surface area (Å²) in [6.07, 6.45) is 4.96. The SMILES string of the molecule is Cc1nc(S(=O)(=O)N2CCC(C(=O)NCCC(=O)N3CCCC(C)C3)CC2)cn1C. The number of piperidine rings is 2. The lowest BCUT2D eigenvalue weighted by molar-refractivity contribution is -0.133. The topological polar surface area (TPSA) is 105 Å². The standard InChI is InChI=1S/C20H33N5O4S/c1-15-5-4-10-24(13-15)19(26)6-9-21-20(27)17-7-11-25(12-8-17)30(28,29)18-14-23(3)16(2)22-18/h14-15,17H,4-13H2,1-3H3,(H,21,27). The molecule has 2 amide bonds. The Balaban J connectivity index is 1.43. The Morgan fingerprint density at radius 2 is 1.90 bits per heavy atom. The van der Waals surface area contributed by atoms with Crippen molar-refractivity contribution in [2.45, 2.75) is 51.0 Å². The first-order chi connectivity index (χ1) is 14.2. The van der Waals surface area contributed by atoms with Crippen LogP contribution in [0.5, 0.6) is 0 Å². The van der Waals surface area contributed by atoms with Gasteiger partial charge in [-0.2, -0.15) is 4.31 Å². The number of carbonyl (C=O) groups excluding carboxylic acids is 2. The summed E-state index contributed by atoms with van der Waals surface area (Å²) in [6.45, 7) is 6.43. The Labute approximate surface area is 178 Å². The Kier molecular flexibility index (Phi) is 7.18. The second-order valence-electron chi connectivity index (χ2n) is 8.54. The first kappa shape index (κ1) is 22.7. The van der Waals surface area contributed by atoms with Crippen LogP contribution in [0.4, 0.5) is 0 Å². The van der Waals surface area contributed by atoms with Crippen LogP contribution in [-0.2, 0) is 26.7 Å². The van der Waals surface area contributed by atoms with Crippen molar-refractivity contribution in [2.24, 2.45) is 18.9 Å². The summed E-state index contributed by atoms with van der Waals surface area (Å²) in [5.41, 5.74) is 0. The van der Waals surface area contributed by atoms with Crippen molar-refractivity contribution < 1.29 is 18.0 Å². The van der Waals surface area contributed by atoms with Crippen LogP contribution in [0.2, 0.25) is 0 Å². The van der Waals surface area contributed by atoms with E-state index in [-0.39, 0.29) is 22.8 Å². The zero-order chi connectivity index (χ0) is 21.9. The van der Waals surface area contributed by atoms with Gasteiger partial charge in [0.1, 0.15) is 5.82 Å². The summed E-state index contributed by atoms with van der Waals surface area (Å²) < 4.78 is 28.6. The van der Waals surface area contributed by atoms with Gasteiger partial charge in [-0.05, 0) is 38.5 Å². The van der Waals surface area contributed by atoms with Gasteiger partial charge in [-0.1, -0.05) is 6.92 Å². The number of amides is 2. The molecule has 1 aromatic heterocycles. The van der Waals surface area contributed by atoms with Gasteiger partial charge in [0.2, 0.25) is 11.8 Å². The quantitative estimate of drug-likeness (QED) is 0.709. The molecule has 3 heterocycles. The number of hydrogen-bond acceptors (Lipinski definition) is 5. The maximum absolute atomic E-state index is 12.8. The van der Waals surface area contributed by atoms with Gasteiger partial charge < -0.3 is 14.8 Å². The van der Waals surface area contributed by atoms with Crippen molar-refractivity contribution in [3.8, 4) is 0 Å². The highest BCUT2D eigenvalue weighted by Crippen LogP contribution is 2.23. The molecule has 30 heavy (non-hydrogen) atoms. The third-order valence-electron chi connectivity index (χ3n) is 6.16.